The molecule has 0 aliphatic rings. The molecular formula is C18H22FIN6O. The maximum absolute atomic E-state index is 13.6. The van der Waals surface area contributed by atoms with E-state index in [-0.39, 0.29) is 41.6 Å². The molecule has 1 unspecified atom stereocenters. The van der Waals surface area contributed by atoms with Gasteiger partial charge in [0.25, 0.3) is 0 Å². The number of fused-ring (bicyclic) bond motifs is 1. The van der Waals surface area contributed by atoms with Gasteiger partial charge in [-0.2, -0.15) is 0 Å². The van der Waals surface area contributed by atoms with Crippen molar-refractivity contribution in [3.63, 3.8) is 0 Å². The van der Waals surface area contributed by atoms with E-state index in [0.717, 1.165) is 11.5 Å². The zero-order valence-corrected chi connectivity index (χ0v) is 17.4. The van der Waals surface area contributed by atoms with Crippen LogP contribution in [0.3, 0.4) is 0 Å². The lowest BCUT2D eigenvalue weighted by molar-refractivity contribution is 0.214. The van der Waals surface area contributed by atoms with Gasteiger partial charge in [0, 0.05) is 13.2 Å². The molecule has 0 radical (unpaired) electrons. The lowest BCUT2D eigenvalue weighted by Crippen LogP contribution is -2.41. The van der Waals surface area contributed by atoms with Crippen LogP contribution in [-0.2, 0) is 6.54 Å². The minimum absolute atomic E-state index is 0. The molecule has 1 aromatic carbocycles. The largest absolute Gasteiger partial charge is 0.486 e. The van der Waals surface area contributed by atoms with E-state index in [0.29, 0.717) is 19.0 Å². The number of halogens is 2. The maximum Gasteiger partial charge on any atom is 0.191 e. The normalized spacial score (nSPS) is 12.3. The van der Waals surface area contributed by atoms with Crippen molar-refractivity contribution < 1.29 is 9.13 Å². The molecule has 7 nitrogen and oxygen atoms in total. The second kappa shape index (κ2) is 10.0. The number of hydrogen-bond donors (Lipinski definition) is 2. The summed E-state index contributed by atoms with van der Waals surface area (Å²) in [6.45, 7) is 2.79. The fraction of sp³-hybridized carbons (Fsp3) is 0.278. The van der Waals surface area contributed by atoms with E-state index >= 15 is 0 Å². The third-order valence-corrected chi connectivity index (χ3v) is 3.74. The van der Waals surface area contributed by atoms with Crippen LogP contribution in [-0.4, -0.2) is 40.3 Å². The second-order valence-electron chi connectivity index (χ2n) is 5.71. The van der Waals surface area contributed by atoms with Gasteiger partial charge in [-0.15, -0.1) is 34.2 Å². The number of aliphatic imine (C=N–C) groups is 1. The van der Waals surface area contributed by atoms with Gasteiger partial charge in [-0.05, 0) is 31.2 Å². The van der Waals surface area contributed by atoms with Crippen LogP contribution >= 0.6 is 24.0 Å². The van der Waals surface area contributed by atoms with Crippen LogP contribution in [0.25, 0.3) is 5.65 Å². The SMILES string of the molecule is CN=C(NCc1nnc2ccccn12)NCC(C)Oc1ccccc1F.I. The van der Waals surface area contributed by atoms with Gasteiger partial charge in [-0.1, -0.05) is 18.2 Å². The first kappa shape index (κ1) is 20.9. The summed E-state index contributed by atoms with van der Waals surface area (Å²) in [5.41, 5.74) is 0.791. The Hall–Kier alpha value is -2.43. The summed E-state index contributed by atoms with van der Waals surface area (Å²) in [6.07, 6.45) is 1.67. The monoisotopic (exact) mass is 484 g/mol. The van der Waals surface area contributed by atoms with Crippen molar-refractivity contribution in [2.45, 2.75) is 19.6 Å². The van der Waals surface area contributed by atoms with Crippen LogP contribution in [0, 0.1) is 5.82 Å². The van der Waals surface area contributed by atoms with Crippen LogP contribution in [0.5, 0.6) is 5.75 Å². The number of rotatable bonds is 6. The molecule has 2 heterocycles. The van der Waals surface area contributed by atoms with E-state index < -0.39 is 0 Å². The quantitative estimate of drug-likeness (QED) is 0.320. The Labute approximate surface area is 174 Å². The van der Waals surface area contributed by atoms with Crippen LogP contribution in [0.15, 0.2) is 53.7 Å². The molecule has 0 spiro atoms. The van der Waals surface area contributed by atoms with Crippen LogP contribution in [0.2, 0.25) is 0 Å². The van der Waals surface area contributed by atoms with Crippen LogP contribution < -0.4 is 15.4 Å². The average molecular weight is 484 g/mol. The van der Waals surface area contributed by atoms with Crippen molar-refractivity contribution >= 4 is 35.6 Å². The number of para-hydroxylation sites is 1. The van der Waals surface area contributed by atoms with Gasteiger partial charge in [-0.25, -0.2) is 4.39 Å². The molecule has 3 aromatic rings. The third kappa shape index (κ3) is 5.52. The summed E-state index contributed by atoms with van der Waals surface area (Å²) in [6, 6.07) is 12.1. The topological polar surface area (TPSA) is 75.8 Å². The first-order chi connectivity index (χ1) is 12.7. The van der Waals surface area contributed by atoms with E-state index in [4.69, 9.17) is 4.74 Å². The molecule has 0 aliphatic carbocycles. The van der Waals surface area contributed by atoms with Gasteiger partial charge in [0.05, 0.1) is 13.1 Å². The van der Waals surface area contributed by atoms with Gasteiger partial charge >= 0.3 is 0 Å². The number of pyridine rings is 1. The van der Waals surface area contributed by atoms with E-state index in [9.17, 15) is 4.39 Å². The van der Waals surface area contributed by atoms with Crippen molar-refractivity contribution in [2.24, 2.45) is 4.99 Å². The highest BCUT2D eigenvalue weighted by molar-refractivity contribution is 14.0. The molecule has 2 N–H and O–H groups in total. The molecule has 9 heteroatoms. The zero-order valence-electron chi connectivity index (χ0n) is 15.1. The average Bonchev–Trinajstić information content (AvgIpc) is 3.07. The molecule has 0 saturated heterocycles. The predicted molar refractivity (Wildman–Crippen MR) is 113 cm³/mol. The predicted octanol–water partition coefficient (Wildman–Crippen LogP) is 2.62. The van der Waals surface area contributed by atoms with Crippen molar-refractivity contribution in [1.29, 1.82) is 0 Å². The summed E-state index contributed by atoms with van der Waals surface area (Å²) in [4.78, 5) is 4.17. The highest BCUT2D eigenvalue weighted by Gasteiger charge is 2.10. The molecule has 27 heavy (non-hydrogen) atoms. The molecule has 0 amide bonds. The summed E-state index contributed by atoms with van der Waals surface area (Å²) in [5.74, 6) is 1.24. The number of guanidine groups is 1. The minimum atomic E-state index is -0.374. The van der Waals surface area contributed by atoms with Crippen molar-refractivity contribution in [2.75, 3.05) is 13.6 Å². The second-order valence-corrected chi connectivity index (χ2v) is 5.71. The maximum atomic E-state index is 13.6. The number of ether oxygens (including phenoxy) is 1. The molecular weight excluding hydrogens is 462 g/mol. The fourth-order valence-corrected chi connectivity index (χ4v) is 2.43. The van der Waals surface area contributed by atoms with Gasteiger partial charge < -0.3 is 15.4 Å². The fourth-order valence-electron chi connectivity index (χ4n) is 2.43. The first-order valence-corrected chi connectivity index (χ1v) is 8.31. The van der Waals surface area contributed by atoms with Gasteiger partial charge in [0.2, 0.25) is 0 Å². The Morgan fingerprint density at radius 1 is 1.19 bits per heavy atom. The van der Waals surface area contributed by atoms with Crippen LogP contribution in [0.1, 0.15) is 12.7 Å². The summed E-state index contributed by atoms with van der Waals surface area (Å²) in [7, 11) is 1.68. The number of nitrogens with zero attached hydrogens (tertiary/aromatic N) is 4. The molecule has 144 valence electrons. The number of benzene rings is 1. The molecule has 0 bridgehead atoms. The Bertz CT molecular complexity index is 900. The summed E-state index contributed by atoms with van der Waals surface area (Å²) < 4.78 is 21.1. The Morgan fingerprint density at radius 2 is 1.96 bits per heavy atom. The van der Waals surface area contributed by atoms with Gasteiger partial charge in [-0.3, -0.25) is 9.39 Å². The summed E-state index contributed by atoms with van der Waals surface area (Å²) in [5, 5.41) is 14.6. The molecule has 0 fully saturated rings. The minimum Gasteiger partial charge on any atom is -0.486 e. The Kier molecular flexibility index (Phi) is 7.77. The highest BCUT2D eigenvalue weighted by atomic mass is 127. The number of aromatic nitrogens is 3. The van der Waals surface area contributed by atoms with Crippen molar-refractivity contribution in [1.82, 2.24) is 25.2 Å². The van der Waals surface area contributed by atoms with Gasteiger partial charge in [0.15, 0.2) is 29.0 Å². The van der Waals surface area contributed by atoms with E-state index in [1.165, 1.54) is 6.07 Å². The van der Waals surface area contributed by atoms with Crippen molar-refractivity contribution in [3.8, 4) is 5.75 Å². The summed E-state index contributed by atoms with van der Waals surface area (Å²) >= 11 is 0. The molecule has 0 saturated carbocycles. The van der Waals surface area contributed by atoms with E-state index in [1.54, 1.807) is 25.2 Å². The zero-order chi connectivity index (χ0) is 18.4. The van der Waals surface area contributed by atoms with E-state index in [1.807, 2.05) is 35.7 Å². The third-order valence-electron chi connectivity index (χ3n) is 3.74. The van der Waals surface area contributed by atoms with Gasteiger partial charge in [0.1, 0.15) is 6.10 Å². The van der Waals surface area contributed by atoms with E-state index in [2.05, 4.69) is 25.8 Å². The smallest absolute Gasteiger partial charge is 0.191 e. The highest BCUT2D eigenvalue weighted by Crippen LogP contribution is 2.16. The molecule has 1 atom stereocenters. The Morgan fingerprint density at radius 3 is 2.74 bits per heavy atom. The standard InChI is InChI=1S/C18H21FN6O.HI/c1-13(26-15-8-4-3-7-14(15)19)11-21-18(20-2)22-12-17-24-23-16-9-5-6-10-25(16)17;/h3-10,13H,11-12H2,1-2H3,(H2,20,21,22);1H. The molecule has 0 aliphatic heterocycles. The van der Waals surface area contributed by atoms with Crippen molar-refractivity contribution in [3.05, 3.63) is 60.3 Å². The van der Waals surface area contributed by atoms with Crippen LogP contribution in [0.4, 0.5) is 4.39 Å². The number of hydrogen-bond acceptors (Lipinski definition) is 4. The Balaban J connectivity index is 0.00000261. The molecule has 2 aromatic heterocycles. The lowest BCUT2D eigenvalue weighted by atomic mass is 10.3. The molecule has 3 rings (SSSR count). The lowest BCUT2D eigenvalue weighted by Gasteiger charge is -2.17. The first-order valence-electron chi connectivity index (χ1n) is 8.31. The number of nitrogens with one attached hydrogen (secondary N) is 2.